The average molecular weight is 461 g/mol. The topological polar surface area (TPSA) is 73.0 Å². The Bertz CT molecular complexity index is 1100. The lowest BCUT2D eigenvalue weighted by Crippen LogP contribution is -2.45. The van der Waals surface area contributed by atoms with Crippen molar-refractivity contribution in [3.05, 3.63) is 70.8 Å². The van der Waals surface area contributed by atoms with Crippen molar-refractivity contribution in [1.29, 1.82) is 0 Å². The van der Waals surface area contributed by atoms with Crippen LogP contribution in [0.4, 0.5) is 0 Å². The predicted molar refractivity (Wildman–Crippen MR) is 129 cm³/mol. The van der Waals surface area contributed by atoms with Crippen LogP contribution in [0, 0.1) is 6.92 Å². The third-order valence-electron chi connectivity index (χ3n) is 7.20. The second kappa shape index (κ2) is 9.58. The van der Waals surface area contributed by atoms with Crippen molar-refractivity contribution in [2.24, 2.45) is 0 Å². The highest BCUT2D eigenvalue weighted by molar-refractivity contribution is 6.05. The van der Waals surface area contributed by atoms with Gasteiger partial charge < -0.3 is 15.1 Å². The van der Waals surface area contributed by atoms with Gasteiger partial charge in [0.25, 0.3) is 5.91 Å². The minimum atomic E-state index is -0.641. The first-order valence-corrected chi connectivity index (χ1v) is 12.3. The molecular formula is C27H32N4O3. The molecule has 2 aromatic rings. The monoisotopic (exact) mass is 460 g/mol. The van der Waals surface area contributed by atoms with Crippen LogP contribution in [-0.4, -0.2) is 71.2 Å². The van der Waals surface area contributed by atoms with Gasteiger partial charge in [0.1, 0.15) is 6.04 Å². The van der Waals surface area contributed by atoms with Crippen molar-refractivity contribution in [3.63, 3.8) is 0 Å². The number of rotatable bonds is 6. The van der Waals surface area contributed by atoms with Gasteiger partial charge in [0.2, 0.25) is 11.8 Å². The van der Waals surface area contributed by atoms with Crippen molar-refractivity contribution >= 4 is 17.7 Å². The van der Waals surface area contributed by atoms with Crippen LogP contribution in [0.1, 0.15) is 52.4 Å². The normalized spacial score (nSPS) is 20.7. The number of carbonyl (C=O) groups is 3. The SMILES string of the molecule is Cc1ccccc1CN1CCCN(C(=O)CNC(=O)[C@H]2c3ccccc3C(=O)N2C2CC2)CC1. The van der Waals surface area contributed by atoms with Gasteiger partial charge in [-0.3, -0.25) is 19.3 Å². The van der Waals surface area contributed by atoms with Crippen molar-refractivity contribution in [2.45, 2.75) is 44.8 Å². The Balaban J connectivity index is 1.17. The third kappa shape index (κ3) is 4.57. The fourth-order valence-electron chi connectivity index (χ4n) is 5.11. The number of benzene rings is 2. The smallest absolute Gasteiger partial charge is 0.255 e. The zero-order chi connectivity index (χ0) is 23.7. The number of aryl methyl sites for hydroxylation is 1. The Labute approximate surface area is 200 Å². The molecule has 1 aliphatic carbocycles. The van der Waals surface area contributed by atoms with E-state index in [1.807, 2.05) is 23.1 Å². The van der Waals surface area contributed by atoms with E-state index in [1.54, 1.807) is 11.0 Å². The summed E-state index contributed by atoms with van der Waals surface area (Å²) >= 11 is 0. The van der Waals surface area contributed by atoms with E-state index < -0.39 is 6.04 Å². The van der Waals surface area contributed by atoms with E-state index in [9.17, 15) is 14.4 Å². The fraction of sp³-hybridized carbons (Fsp3) is 0.444. The van der Waals surface area contributed by atoms with Gasteiger partial charge >= 0.3 is 0 Å². The standard InChI is InChI=1S/C27H32N4O3/c1-19-7-2-3-8-20(19)18-29-13-6-14-30(16-15-29)24(32)17-28-26(33)25-22-9-4-5-10-23(22)27(34)31(25)21-11-12-21/h2-5,7-10,21,25H,6,11-18H2,1H3,(H,28,33)/t25-/m1/s1. The van der Waals surface area contributed by atoms with Gasteiger partial charge in [-0.25, -0.2) is 0 Å². The predicted octanol–water partition coefficient (Wildman–Crippen LogP) is 2.51. The molecule has 0 bridgehead atoms. The maximum absolute atomic E-state index is 13.2. The Hall–Kier alpha value is -3.19. The van der Waals surface area contributed by atoms with Crippen molar-refractivity contribution in [1.82, 2.24) is 20.0 Å². The molecule has 0 aromatic heterocycles. The fourth-order valence-corrected chi connectivity index (χ4v) is 5.11. The molecule has 0 unspecified atom stereocenters. The Kier molecular flexibility index (Phi) is 6.37. The van der Waals surface area contributed by atoms with Gasteiger partial charge in [-0.05, 0) is 48.9 Å². The average Bonchev–Trinajstić information content (AvgIpc) is 3.66. The molecule has 2 heterocycles. The number of hydrogen-bond acceptors (Lipinski definition) is 4. The minimum Gasteiger partial charge on any atom is -0.345 e. The van der Waals surface area contributed by atoms with Gasteiger partial charge in [0.05, 0.1) is 6.54 Å². The van der Waals surface area contributed by atoms with E-state index in [-0.39, 0.29) is 30.3 Å². The largest absolute Gasteiger partial charge is 0.345 e. The van der Waals surface area contributed by atoms with Gasteiger partial charge in [-0.2, -0.15) is 0 Å². The summed E-state index contributed by atoms with van der Waals surface area (Å²) in [6, 6.07) is 15.2. The second-order valence-corrected chi connectivity index (χ2v) is 9.59. The second-order valence-electron chi connectivity index (χ2n) is 9.59. The molecule has 3 aliphatic rings. The summed E-state index contributed by atoms with van der Waals surface area (Å²) in [7, 11) is 0. The first kappa shape index (κ1) is 22.6. The van der Waals surface area contributed by atoms with Crippen LogP contribution in [0.15, 0.2) is 48.5 Å². The summed E-state index contributed by atoms with van der Waals surface area (Å²) in [6.45, 7) is 6.08. The summed E-state index contributed by atoms with van der Waals surface area (Å²) in [5.74, 6) is -0.415. The lowest BCUT2D eigenvalue weighted by atomic mass is 10.0. The summed E-state index contributed by atoms with van der Waals surface area (Å²) in [6.07, 6.45) is 2.76. The lowest BCUT2D eigenvalue weighted by molar-refractivity contribution is -0.134. The van der Waals surface area contributed by atoms with E-state index in [0.29, 0.717) is 18.7 Å². The molecule has 1 saturated carbocycles. The number of nitrogens with one attached hydrogen (secondary N) is 1. The molecule has 1 N–H and O–H groups in total. The van der Waals surface area contributed by atoms with Crippen LogP contribution in [0.2, 0.25) is 0 Å². The highest BCUT2D eigenvalue weighted by Gasteiger charge is 2.47. The van der Waals surface area contributed by atoms with E-state index in [4.69, 9.17) is 0 Å². The zero-order valence-electron chi connectivity index (χ0n) is 19.7. The molecule has 5 rings (SSSR count). The Morgan fingerprint density at radius 2 is 1.74 bits per heavy atom. The maximum atomic E-state index is 13.2. The zero-order valence-corrected chi connectivity index (χ0v) is 19.7. The molecule has 3 amide bonds. The number of carbonyl (C=O) groups excluding carboxylic acids is 3. The van der Waals surface area contributed by atoms with E-state index in [0.717, 1.165) is 44.5 Å². The number of nitrogens with zero attached hydrogens (tertiary/aromatic N) is 3. The molecule has 1 saturated heterocycles. The van der Waals surface area contributed by atoms with E-state index in [1.165, 1.54) is 11.1 Å². The van der Waals surface area contributed by atoms with Crippen LogP contribution < -0.4 is 5.32 Å². The third-order valence-corrected chi connectivity index (χ3v) is 7.20. The van der Waals surface area contributed by atoms with Crippen molar-refractivity contribution in [3.8, 4) is 0 Å². The van der Waals surface area contributed by atoms with Gasteiger partial charge in [0, 0.05) is 44.3 Å². The number of amides is 3. The van der Waals surface area contributed by atoms with Crippen LogP contribution in [0.3, 0.4) is 0 Å². The molecule has 7 nitrogen and oxygen atoms in total. The molecule has 178 valence electrons. The van der Waals surface area contributed by atoms with Crippen molar-refractivity contribution < 1.29 is 14.4 Å². The van der Waals surface area contributed by atoms with E-state index >= 15 is 0 Å². The van der Waals surface area contributed by atoms with Gasteiger partial charge in [-0.1, -0.05) is 42.5 Å². The highest BCUT2D eigenvalue weighted by atomic mass is 16.2. The molecule has 2 aliphatic heterocycles. The summed E-state index contributed by atoms with van der Waals surface area (Å²) in [5, 5.41) is 2.84. The summed E-state index contributed by atoms with van der Waals surface area (Å²) < 4.78 is 0. The van der Waals surface area contributed by atoms with Crippen LogP contribution in [0.5, 0.6) is 0 Å². The quantitative estimate of drug-likeness (QED) is 0.719. The summed E-state index contributed by atoms with van der Waals surface area (Å²) in [5.41, 5.74) is 3.95. The highest BCUT2D eigenvalue weighted by Crippen LogP contribution is 2.41. The molecule has 34 heavy (non-hydrogen) atoms. The molecular weight excluding hydrogens is 428 g/mol. The van der Waals surface area contributed by atoms with Crippen LogP contribution in [0.25, 0.3) is 0 Å². The van der Waals surface area contributed by atoms with Gasteiger partial charge in [0.15, 0.2) is 0 Å². The molecule has 2 aromatic carbocycles. The molecule has 1 atom stereocenters. The Morgan fingerprint density at radius 3 is 2.53 bits per heavy atom. The number of fused-ring (bicyclic) bond motifs is 1. The molecule has 0 spiro atoms. The molecule has 7 heteroatoms. The number of hydrogen-bond donors (Lipinski definition) is 1. The van der Waals surface area contributed by atoms with Gasteiger partial charge in [-0.15, -0.1) is 0 Å². The van der Waals surface area contributed by atoms with Crippen LogP contribution in [-0.2, 0) is 16.1 Å². The minimum absolute atomic E-state index is 0.0397. The molecule has 2 fully saturated rings. The maximum Gasteiger partial charge on any atom is 0.255 e. The molecule has 0 radical (unpaired) electrons. The van der Waals surface area contributed by atoms with Crippen molar-refractivity contribution in [2.75, 3.05) is 32.7 Å². The Morgan fingerprint density at radius 1 is 0.971 bits per heavy atom. The van der Waals surface area contributed by atoms with E-state index in [2.05, 4.69) is 41.4 Å². The first-order chi connectivity index (χ1) is 16.5. The summed E-state index contributed by atoms with van der Waals surface area (Å²) in [4.78, 5) is 44.9. The van der Waals surface area contributed by atoms with Crippen LogP contribution >= 0.6 is 0 Å². The first-order valence-electron chi connectivity index (χ1n) is 12.3. The lowest BCUT2D eigenvalue weighted by Gasteiger charge is -2.25.